The van der Waals surface area contributed by atoms with Crippen LogP contribution in [0.1, 0.15) is 29.5 Å². The molecule has 168 valence electrons. The first-order valence-electron chi connectivity index (χ1n) is 10.1. The van der Waals surface area contributed by atoms with Gasteiger partial charge in [-0.05, 0) is 49.9 Å². The third-order valence-electron chi connectivity index (χ3n) is 5.42. The largest absolute Gasteiger partial charge is 0.416 e. The Balaban J connectivity index is 1.54. The molecule has 0 aromatic heterocycles. The van der Waals surface area contributed by atoms with E-state index in [2.05, 4.69) is 11.4 Å². The summed E-state index contributed by atoms with van der Waals surface area (Å²) in [6.45, 7) is 2.68. The topological polar surface area (TPSA) is 66.5 Å². The van der Waals surface area contributed by atoms with Gasteiger partial charge in [0.25, 0.3) is 0 Å². The Morgan fingerprint density at radius 2 is 1.77 bits per heavy atom. The third kappa shape index (κ3) is 5.86. The van der Waals surface area contributed by atoms with E-state index in [1.165, 1.54) is 0 Å². The summed E-state index contributed by atoms with van der Waals surface area (Å²) in [5.74, 6) is -0.436. The van der Waals surface area contributed by atoms with Crippen LogP contribution in [0, 0.1) is 12.8 Å². The number of nitrogens with one attached hydrogen (secondary N) is 1. The molecule has 1 aliphatic heterocycles. The molecule has 0 spiro atoms. The molecule has 2 aromatic carbocycles. The number of amides is 1. The van der Waals surface area contributed by atoms with Crippen LogP contribution < -0.4 is 5.32 Å². The first kappa shape index (κ1) is 23.3. The Morgan fingerprint density at radius 1 is 1.10 bits per heavy atom. The number of alkyl halides is 3. The zero-order valence-electron chi connectivity index (χ0n) is 17.2. The number of hydrogen-bond donors (Lipinski definition) is 1. The van der Waals surface area contributed by atoms with E-state index in [1.807, 2.05) is 25.1 Å². The summed E-state index contributed by atoms with van der Waals surface area (Å²) in [4.78, 5) is 12.0. The maximum absolute atomic E-state index is 12.9. The van der Waals surface area contributed by atoms with Crippen LogP contribution in [0.25, 0.3) is 0 Å². The average molecular weight is 455 g/mol. The SMILES string of the molecule is Cc1cccc(CCNC(=O)C2CCN(S(=O)(=O)c3cccc(C(F)(F)F)c3)CC2)c1. The number of hydrogen-bond acceptors (Lipinski definition) is 3. The van der Waals surface area contributed by atoms with E-state index in [1.54, 1.807) is 0 Å². The van der Waals surface area contributed by atoms with Crippen LogP contribution in [0.5, 0.6) is 0 Å². The predicted molar refractivity (Wildman–Crippen MR) is 111 cm³/mol. The fourth-order valence-corrected chi connectivity index (χ4v) is 5.20. The maximum Gasteiger partial charge on any atom is 0.416 e. The first-order valence-corrected chi connectivity index (χ1v) is 11.5. The second-order valence-electron chi connectivity index (χ2n) is 7.73. The van der Waals surface area contributed by atoms with E-state index < -0.39 is 21.8 Å². The Bertz CT molecular complexity index is 1030. The molecule has 0 atom stereocenters. The van der Waals surface area contributed by atoms with E-state index in [-0.39, 0.29) is 29.8 Å². The molecule has 1 heterocycles. The number of halogens is 3. The van der Waals surface area contributed by atoms with Gasteiger partial charge < -0.3 is 5.32 Å². The molecule has 1 amide bonds. The normalized spacial score (nSPS) is 16.3. The molecule has 0 unspecified atom stereocenters. The fourth-order valence-electron chi connectivity index (χ4n) is 3.68. The summed E-state index contributed by atoms with van der Waals surface area (Å²) in [7, 11) is -4.05. The van der Waals surface area contributed by atoms with Crippen LogP contribution in [0.15, 0.2) is 53.4 Å². The monoisotopic (exact) mass is 454 g/mol. The molecule has 2 aromatic rings. The summed E-state index contributed by atoms with van der Waals surface area (Å²) in [5.41, 5.74) is 1.27. The van der Waals surface area contributed by atoms with Crippen molar-refractivity contribution < 1.29 is 26.4 Å². The Kier molecular flexibility index (Phi) is 7.06. The highest BCUT2D eigenvalue weighted by molar-refractivity contribution is 7.89. The van der Waals surface area contributed by atoms with Crippen molar-refractivity contribution in [2.75, 3.05) is 19.6 Å². The standard InChI is InChI=1S/C22H25F3N2O3S/c1-16-4-2-5-17(14-16)8-11-26-21(28)18-9-12-27(13-10-18)31(29,30)20-7-3-6-19(15-20)22(23,24)25/h2-7,14-15,18H,8-13H2,1H3,(H,26,28). The highest BCUT2D eigenvalue weighted by Gasteiger charge is 2.35. The van der Waals surface area contributed by atoms with Gasteiger partial charge in [0.2, 0.25) is 15.9 Å². The van der Waals surface area contributed by atoms with Gasteiger partial charge in [0.05, 0.1) is 10.5 Å². The van der Waals surface area contributed by atoms with Crippen molar-refractivity contribution in [1.82, 2.24) is 9.62 Å². The molecule has 0 radical (unpaired) electrons. The Hall–Kier alpha value is -2.39. The lowest BCUT2D eigenvalue weighted by Gasteiger charge is -2.30. The van der Waals surface area contributed by atoms with Gasteiger partial charge in [0.15, 0.2) is 0 Å². The van der Waals surface area contributed by atoms with Crippen molar-refractivity contribution in [2.24, 2.45) is 5.92 Å². The molecule has 1 saturated heterocycles. The summed E-state index contributed by atoms with van der Waals surface area (Å²) >= 11 is 0. The number of sulfonamides is 1. The lowest BCUT2D eigenvalue weighted by atomic mass is 9.97. The summed E-state index contributed by atoms with van der Waals surface area (Å²) < 4.78 is 65.4. The number of aryl methyl sites for hydroxylation is 1. The fraction of sp³-hybridized carbons (Fsp3) is 0.409. The van der Waals surface area contributed by atoms with Gasteiger partial charge in [-0.2, -0.15) is 17.5 Å². The minimum atomic E-state index is -4.62. The zero-order valence-corrected chi connectivity index (χ0v) is 18.0. The zero-order chi connectivity index (χ0) is 22.6. The number of nitrogens with zero attached hydrogens (tertiary/aromatic N) is 1. The van der Waals surface area contributed by atoms with E-state index >= 15 is 0 Å². The number of carbonyl (C=O) groups excluding carboxylic acids is 1. The van der Waals surface area contributed by atoms with Gasteiger partial charge in [-0.15, -0.1) is 0 Å². The molecule has 31 heavy (non-hydrogen) atoms. The van der Waals surface area contributed by atoms with Crippen molar-refractivity contribution in [3.63, 3.8) is 0 Å². The molecule has 1 fully saturated rings. The number of rotatable bonds is 6. The average Bonchev–Trinajstić information content (AvgIpc) is 2.73. The van der Waals surface area contributed by atoms with Crippen LogP contribution in [-0.2, 0) is 27.4 Å². The van der Waals surface area contributed by atoms with Gasteiger partial charge in [0.1, 0.15) is 0 Å². The molecule has 1 N–H and O–H groups in total. The maximum atomic E-state index is 12.9. The lowest BCUT2D eigenvalue weighted by Crippen LogP contribution is -2.43. The van der Waals surface area contributed by atoms with Crippen molar-refractivity contribution in [1.29, 1.82) is 0 Å². The van der Waals surface area contributed by atoms with Gasteiger partial charge in [0, 0.05) is 25.6 Å². The van der Waals surface area contributed by atoms with E-state index in [9.17, 15) is 26.4 Å². The van der Waals surface area contributed by atoms with E-state index in [4.69, 9.17) is 0 Å². The van der Waals surface area contributed by atoms with Gasteiger partial charge in [-0.1, -0.05) is 35.9 Å². The van der Waals surface area contributed by atoms with Crippen LogP contribution in [0.2, 0.25) is 0 Å². The summed E-state index contributed by atoms with van der Waals surface area (Å²) in [6, 6.07) is 11.8. The quantitative estimate of drug-likeness (QED) is 0.723. The van der Waals surface area contributed by atoms with Gasteiger partial charge >= 0.3 is 6.18 Å². The second kappa shape index (κ2) is 9.40. The number of carbonyl (C=O) groups is 1. The van der Waals surface area contributed by atoms with Gasteiger partial charge in [-0.25, -0.2) is 8.42 Å². The molecule has 1 aliphatic rings. The Labute approximate surface area is 180 Å². The second-order valence-corrected chi connectivity index (χ2v) is 9.67. The van der Waals surface area contributed by atoms with Crippen LogP contribution >= 0.6 is 0 Å². The third-order valence-corrected chi connectivity index (χ3v) is 7.31. The van der Waals surface area contributed by atoms with Crippen LogP contribution in [-0.4, -0.2) is 38.3 Å². The first-order chi connectivity index (χ1) is 14.6. The molecule has 0 bridgehead atoms. The Morgan fingerprint density at radius 3 is 2.42 bits per heavy atom. The summed E-state index contributed by atoms with van der Waals surface area (Å²) in [6.07, 6.45) is -3.26. The van der Waals surface area contributed by atoms with Crippen molar-refractivity contribution in [2.45, 2.75) is 37.3 Å². The van der Waals surface area contributed by atoms with Gasteiger partial charge in [-0.3, -0.25) is 4.79 Å². The molecule has 3 rings (SSSR count). The molecule has 9 heteroatoms. The van der Waals surface area contributed by atoms with Crippen LogP contribution in [0.3, 0.4) is 0 Å². The molecule has 5 nitrogen and oxygen atoms in total. The molecular weight excluding hydrogens is 429 g/mol. The molecule has 0 saturated carbocycles. The molecule has 0 aliphatic carbocycles. The lowest BCUT2D eigenvalue weighted by molar-refractivity contribution is -0.137. The summed E-state index contributed by atoms with van der Waals surface area (Å²) in [5, 5.41) is 2.90. The minimum Gasteiger partial charge on any atom is -0.356 e. The number of piperidine rings is 1. The highest BCUT2D eigenvalue weighted by atomic mass is 32.2. The van der Waals surface area contributed by atoms with Crippen molar-refractivity contribution in [3.05, 3.63) is 65.2 Å². The van der Waals surface area contributed by atoms with Crippen molar-refractivity contribution >= 4 is 15.9 Å². The van der Waals surface area contributed by atoms with Crippen LogP contribution in [0.4, 0.5) is 13.2 Å². The highest BCUT2D eigenvalue weighted by Crippen LogP contribution is 2.32. The van der Waals surface area contributed by atoms with Crippen molar-refractivity contribution in [3.8, 4) is 0 Å². The van der Waals surface area contributed by atoms with E-state index in [0.717, 1.165) is 33.6 Å². The smallest absolute Gasteiger partial charge is 0.356 e. The predicted octanol–water partition coefficient (Wildman–Crippen LogP) is 3.77. The number of benzene rings is 2. The molecular formula is C22H25F3N2O3S. The van der Waals surface area contributed by atoms with E-state index in [0.29, 0.717) is 31.9 Å². The minimum absolute atomic E-state index is 0.0918.